The number of rotatable bonds is 2. The molecule has 0 fully saturated rings. The summed E-state index contributed by atoms with van der Waals surface area (Å²) in [5, 5.41) is 3.67. The number of aromatic nitrogens is 1. The molecule has 2 rings (SSSR count). The molecular weight excluding hydrogens is 214 g/mol. The van der Waals surface area contributed by atoms with E-state index >= 15 is 0 Å². The molecule has 3 nitrogen and oxygen atoms in total. The molecule has 0 aliphatic carbocycles. The fourth-order valence-electron chi connectivity index (χ4n) is 1.46. The van der Waals surface area contributed by atoms with Crippen LogP contribution in [0.15, 0.2) is 28.8 Å². The van der Waals surface area contributed by atoms with Crippen LogP contribution in [0.1, 0.15) is 17.6 Å². The number of hydrogen-bond donors (Lipinski definition) is 1. The third kappa shape index (κ3) is 1.88. The fourth-order valence-corrected chi connectivity index (χ4v) is 1.46. The standard InChI is InChI=1S/C11H10F2N2O/c1-6-2-3-7(4-8(6)11(12)13)9-5-10(14)16-15-9/h2-5,11H,14H2,1H3. The van der Waals surface area contributed by atoms with Crippen molar-refractivity contribution in [1.29, 1.82) is 0 Å². The Hall–Kier alpha value is -1.91. The van der Waals surface area contributed by atoms with Gasteiger partial charge in [0, 0.05) is 17.2 Å². The first kappa shape index (κ1) is 10.6. The lowest BCUT2D eigenvalue weighted by Gasteiger charge is -2.05. The SMILES string of the molecule is Cc1ccc(-c2cc(N)on2)cc1C(F)F. The smallest absolute Gasteiger partial charge is 0.264 e. The lowest BCUT2D eigenvalue weighted by molar-refractivity contribution is 0.150. The average molecular weight is 224 g/mol. The number of benzene rings is 1. The number of nitrogens with two attached hydrogens (primary N) is 1. The summed E-state index contributed by atoms with van der Waals surface area (Å²) in [6.45, 7) is 1.64. The zero-order chi connectivity index (χ0) is 11.7. The Kier molecular flexibility index (Phi) is 2.60. The second kappa shape index (κ2) is 3.92. The molecule has 84 valence electrons. The molecule has 2 N–H and O–H groups in total. The van der Waals surface area contributed by atoms with E-state index < -0.39 is 6.43 Å². The predicted molar refractivity (Wildman–Crippen MR) is 56.0 cm³/mol. The molecule has 0 atom stereocenters. The van der Waals surface area contributed by atoms with Crippen molar-refractivity contribution in [1.82, 2.24) is 5.16 Å². The molecule has 1 aromatic heterocycles. The zero-order valence-electron chi connectivity index (χ0n) is 8.58. The van der Waals surface area contributed by atoms with Gasteiger partial charge in [-0.05, 0) is 18.6 Å². The fraction of sp³-hybridized carbons (Fsp3) is 0.182. The quantitative estimate of drug-likeness (QED) is 0.852. The summed E-state index contributed by atoms with van der Waals surface area (Å²) < 4.78 is 30.0. The largest absolute Gasteiger partial charge is 0.368 e. The van der Waals surface area contributed by atoms with Gasteiger partial charge in [-0.25, -0.2) is 8.78 Å². The van der Waals surface area contributed by atoms with Crippen LogP contribution in [-0.2, 0) is 0 Å². The summed E-state index contributed by atoms with van der Waals surface area (Å²) in [6, 6.07) is 6.23. The van der Waals surface area contributed by atoms with Crippen molar-refractivity contribution in [2.45, 2.75) is 13.3 Å². The van der Waals surface area contributed by atoms with Crippen LogP contribution in [-0.4, -0.2) is 5.16 Å². The summed E-state index contributed by atoms with van der Waals surface area (Å²) in [5.41, 5.74) is 6.95. The van der Waals surface area contributed by atoms with Gasteiger partial charge >= 0.3 is 0 Å². The third-order valence-corrected chi connectivity index (χ3v) is 2.34. The first-order valence-electron chi connectivity index (χ1n) is 4.69. The van der Waals surface area contributed by atoms with Crippen LogP contribution >= 0.6 is 0 Å². The number of nitrogen functional groups attached to an aromatic ring is 1. The van der Waals surface area contributed by atoms with Crippen LogP contribution in [0.4, 0.5) is 14.7 Å². The highest BCUT2D eigenvalue weighted by Crippen LogP contribution is 2.28. The number of anilines is 1. The summed E-state index contributed by atoms with van der Waals surface area (Å²) in [7, 11) is 0. The number of alkyl halides is 2. The van der Waals surface area contributed by atoms with E-state index in [9.17, 15) is 8.78 Å². The molecule has 0 bridgehead atoms. The van der Waals surface area contributed by atoms with Crippen LogP contribution in [0.5, 0.6) is 0 Å². The molecule has 5 heteroatoms. The Labute approximate surface area is 90.9 Å². The summed E-state index contributed by atoms with van der Waals surface area (Å²) in [5.74, 6) is 0.161. The monoisotopic (exact) mass is 224 g/mol. The Bertz CT molecular complexity index is 508. The van der Waals surface area contributed by atoms with Crippen LogP contribution in [0.3, 0.4) is 0 Å². The second-order valence-corrected chi connectivity index (χ2v) is 3.49. The summed E-state index contributed by atoms with van der Waals surface area (Å²) in [6.07, 6.45) is -2.50. The first-order valence-corrected chi connectivity index (χ1v) is 4.69. The molecular formula is C11H10F2N2O. The highest BCUT2D eigenvalue weighted by atomic mass is 19.3. The minimum Gasteiger partial charge on any atom is -0.368 e. The molecule has 16 heavy (non-hydrogen) atoms. The lowest BCUT2D eigenvalue weighted by Crippen LogP contribution is -1.90. The van der Waals surface area contributed by atoms with Gasteiger partial charge in [0.2, 0.25) is 5.88 Å². The van der Waals surface area contributed by atoms with Gasteiger partial charge < -0.3 is 10.3 Å². The van der Waals surface area contributed by atoms with Crippen LogP contribution in [0, 0.1) is 6.92 Å². The minimum atomic E-state index is -2.50. The highest BCUT2D eigenvalue weighted by Gasteiger charge is 2.13. The zero-order valence-corrected chi connectivity index (χ0v) is 8.58. The predicted octanol–water partition coefficient (Wildman–Crippen LogP) is 3.17. The maximum Gasteiger partial charge on any atom is 0.264 e. The molecule has 0 radical (unpaired) electrons. The van der Waals surface area contributed by atoms with E-state index in [0.29, 0.717) is 16.8 Å². The van der Waals surface area contributed by atoms with Gasteiger partial charge in [0.1, 0.15) is 5.69 Å². The van der Waals surface area contributed by atoms with E-state index in [0.717, 1.165) is 0 Å². The molecule has 0 spiro atoms. The number of aryl methyl sites for hydroxylation is 1. The van der Waals surface area contributed by atoms with Crippen molar-refractivity contribution in [3.8, 4) is 11.3 Å². The van der Waals surface area contributed by atoms with Gasteiger partial charge in [0.15, 0.2) is 0 Å². The Morgan fingerprint density at radius 3 is 2.62 bits per heavy atom. The van der Waals surface area contributed by atoms with Gasteiger partial charge in [-0.2, -0.15) is 0 Å². The van der Waals surface area contributed by atoms with Gasteiger partial charge in [-0.1, -0.05) is 17.3 Å². The van der Waals surface area contributed by atoms with Crippen molar-refractivity contribution < 1.29 is 13.3 Å². The number of halogens is 2. The van der Waals surface area contributed by atoms with Gasteiger partial charge in [-0.3, -0.25) is 0 Å². The highest BCUT2D eigenvalue weighted by molar-refractivity contribution is 5.62. The van der Waals surface area contributed by atoms with Crippen LogP contribution < -0.4 is 5.73 Å². The van der Waals surface area contributed by atoms with E-state index in [2.05, 4.69) is 9.68 Å². The van der Waals surface area contributed by atoms with Crippen molar-refractivity contribution in [3.05, 3.63) is 35.4 Å². The molecule has 0 aliphatic rings. The third-order valence-electron chi connectivity index (χ3n) is 2.34. The maximum atomic E-state index is 12.7. The maximum absolute atomic E-state index is 12.7. The van der Waals surface area contributed by atoms with Crippen LogP contribution in [0.2, 0.25) is 0 Å². The molecule has 0 unspecified atom stereocenters. The average Bonchev–Trinajstić information content (AvgIpc) is 2.65. The molecule has 0 saturated heterocycles. The topological polar surface area (TPSA) is 52.0 Å². The molecule has 1 aromatic carbocycles. The molecule has 2 aromatic rings. The van der Waals surface area contributed by atoms with E-state index in [1.807, 2.05) is 0 Å². The Morgan fingerprint density at radius 2 is 2.06 bits per heavy atom. The molecule has 0 amide bonds. The van der Waals surface area contributed by atoms with Gasteiger partial charge in [-0.15, -0.1) is 0 Å². The lowest BCUT2D eigenvalue weighted by atomic mass is 10.0. The number of nitrogens with zero attached hydrogens (tertiary/aromatic N) is 1. The Balaban J connectivity index is 2.47. The van der Waals surface area contributed by atoms with E-state index in [4.69, 9.17) is 5.73 Å². The first-order chi connectivity index (χ1) is 7.58. The van der Waals surface area contributed by atoms with E-state index in [1.165, 1.54) is 12.1 Å². The van der Waals surface area contributed by atoms with Crippen molar-refractivity contribution in [3.63, 3.8) is 0 Å². The Morgan fingerprint density at radius 1 is 1.31 bits per heavy atom. The van der Waals surface area contributed by atoms with Crippen LogP contribution in [0.25, 0.3) is 11.3 Å². The van der Waals surface area contributed by atoms with Gasteiger partial charge in [0.05, 0.1) is 0 Å². The van der Waals surface area contributed by atoms with E-state index in [-0.39, 0.29) is 11.4 Å². The summed E-state index contributed by atoms with van der Waals surface area (Å²) in [4.78, 5) is 0. The molecule has 1 heterocycles. The van der Waals surface area contributed by atoms with E-state index in [1.54, 1.807) is 19.1 Å². The summed E-state index contributed by atoms with van der Waals surface area (Å²) >= 11 is 0. The molecule has 0 saturated carbocycles. The second-order valence-electron chi connectivity index (χ2n) is 3.49. The van der Waals surface area contributed by atoms with Gasteiger partial charge in [0.25, 0.3) is 6.43 Å². The van der Waals surface area contributed by atoms with Crippen molar-refractivity contribution in [2.75, 3.05) is 5.73 Å². The number of hydrogen-bond acceptors (Lipinski definition) is 3. The molecule has 0 aliphatic heterocycles. The minimum absolute atomic E-state index is 0.000860. The normalized spacial score (nSPS) is 11.0. The van der Waals surface area contributed by atoms with Crippen molar-refractivity contribution >= 4 is 5.88 Å². The van der Waals surface area contributed by atoms with Crippen molar-refractivity contribution in [2.24, 2.45) is 0 Å².